The highest BCUT2D eigenvalue weighted by Crippen LogP contribution is 2.62. The molecular weight excluding hydrogens is 512 g/mol. The number of hydrogen-bond acceptors (Lipinski definition) is 3. The molecule has 198 valence electrons. The van der Waals surface area contributed by atoms with E-state index in [0.717, 1.165) is 44.5 Å². The maximum atomic E-state index is 6.65. The van der Waals surface area contributed by atoms with E-state index in [2.05, 4.69) is 145 Å². The van der Waals surface area contributed by atoms with Gasteiger partial charge in [0.05, 0.1) is 16.5 Å². The molecule has 0 aromatic heterocycles. The summed E-state index contributed by atoms with van der Waals surface area (Å²) in [6, 6.07) is 51.7. The van der Waals surface area contributed by atoms with Crippen molar-refractivity contribution >= 4 is 5.70 Å². The maximum Gasteiger partial charge on any atom is 0.145 e. The fourth-order valence-corrected chi connectivity index (χ4v) is 7.23. The van der Waals surface area contributed by atoms with E-state index in [4.69, 9.17) is 9.73 Å². The van der Waals surface area contributed by atoms with Crippen LogP contribution in [0.15, 0.2) is 151 Å². The fraction of sp³-hybridized carbons (Fsp3) is 0.0513. The molecule has 3 nitrogen and oxygen atoms in total. The van der Waals surface area contributed by atoms with Crippen molar-refractivity contribution in [3.63, 3.8) is 0 Å². The number of para-hydroxylation sites is 2. The van der Waals surface area contributed by atoms with Gasteiger partial charge in [0.15, 0.2) is 0 Å². The Bertz CT molecular complexity index is 2120. The number of nitrogens with zero attached hydrogens (tertiary/aromatic N) is 1. The minimum Gasteiger partial charge on any atom is -0.457 e. The van der Waals surface area contributed by atoms with Crippen molar-refractivity contribution in [3.05, 3.63) is 190 Å². The van der Waals surface area contributed by atoms with E-state index in [1.165, 1.54) is 27.8 Å². The van der Waals surface area contributed by atoms with Crippen LogP contribution in [-0.4, -0.2) is 0 Å². The van der Waals surface area contributed by atoms with Crippen molar-refractivity contribution in [2.45, 2.75) is 11.6 Å². The van der Waals surface area contributed by atoms with Crippen LogP contribution in [0.1, 0.15) is 39.5 Å². The van der Waals surface area contributed by atoms with Crippen LogP contribution in [0.25, 0.3) is 16.8 Å². The first kappa shape index (κ1) is 23.3. The summed E-state index contributed by atoms with van der Waals surface area (Å²) in [5.74, 6) is 1.79. The van der Waals surface area contributed by atoms with E-state index in [1.54, 1.807) is 0 Å². The molecule has 1 unspecified atom stereocenters. The van der Waals surface area contributed by atoms with Gasteiger partial charge in [-0.25, -0.2) is 0 Å². The Balaban J connectivity index is 1.34. The molecule has 1 spiro atoms. The van der Waals surface area contributed by atoms with Crippen LogP contribution in [0.2, 0.25) is 0 Å². The lowest BCUT2D eigenvalue weighted by Gasteiger charge is -2.39. The topological polar surface area (TPSA) is 33.6 Å². The van der Waals surface area contributed by atoms with Crippen LogP contribution >= 0.6 is 0 Å². The highest BCUT2D eigenvalue weighted by Gasteiger charge is 2.51. The molecule has 6 aromatic rings. The van der Waals surface area contributed by atoms with Crippen LogP contribution in [0.5, 0.6) is 11.5 Å². The minimum atomic E-state index is -0.495. The van der Waals surface area contributed by atoms with Crippen LogP contribution in [0.3, 0.4) is 0 Å². The highest BCUT2D eigenvalue weighted by molar-refractivity contribution is 5.89. The smallest absolute Gasteiger partial charge is 0.145 e. The second-order valence-electron chi connectivity index (χ2n) is 11.1. The fourth-order valence-electron chi connectivity index (χ4n) is 7.23. The first-order valence-electron chi connectivity index (χ1n) is 14.4. The van der Waals surface area contributed by atoms with Gasteiger partial charge in [-0.2, -0.15) is 0 Å². The Hall–Kier alpha value is -5.41. The monoisotopic (exact) mass is 538 g/mol. The van der Waals surface area contributed by atoms with Gasteiger partial charge in [0, 0.05) is 16.3 Å². The second-order valence-corrected chi connectivity index (χ2v) is 11.1. The van der Waals surface area contributed by atoms with Crippen molar-refractivity contribution < 1.29 is 4.74 Å². The lowest BCUT2D eigenvalue weighted by molar-refractivity contribution is 0.436. The number of benzene rings is 6. The van der Waals surface area contributed by atoms with Gasteiger partial charge >= 0.3 is 0 Å². The van der Waals surface area contributed by atoms with E-state index in [-0.39, 0.29) is 6.17 Å². The van der Waals surface area contributed by atoms with Gasteiger partial charge in [-0.1, -0.05) is 115 Å². The molecule has 2 aliphatic heterocycles. The third-order valence-corrected chi connectivity index (χ3v) is 8.97. The van der Waals surface area contributed by atoms with Crippen molar-refractivity contribution in [1.82, 2.24) is 5.32 Å². The third-order valence-electron chi connectivity index (χ3n) is 8.97. The van der Waals surface area contributed by atoms with Gasteiger partial charge in [0.1, 0.15) is 17.7 Å². The van der Waals surface area contributed by atoms with Gasteiger partial charge in [0.2, 0.25) is 0 Å². The molecule has 0 radical (unpaired) electrons. The summed E-state index contributed by atoms with van der Waals surface area (Å²) in [4.78, 5) is 5.08. The molecule has 42 heavy (non-hydrogen) atoms. The van der Waals surface area contributed by atoms with Crippen molar-refractivity contribution in [3.8, 4) is 22.6 Å². The SMILES string of the molecule is c1ccc(C2N=c3ccccc3=C(c3ccc4c(c3)C3(c5ccccc5O4)c4ccccc4-c4ccccc43)N2)cc1. The number of rotatable bonds is 2. The molecule has 0 fully saturated rings. The summed E-state index contributed by atoms with van der Waals surface area (Å²) in [7, 11) is 0. The lowest BCUT2D eigenvalue weighted by Crippen LogP contribution is -2.40. The van der Waals surface area contributed by atoms with E-state index in [0.29, 0.717) is 0 Å². The Kier molecular flexibility index (Phi) is 4.88. The molecule has 3 heteroatoms. The Morgan fingerprint density at radius 1 is 0.548 bits per heavy atom. The van der Waals surface area contributed by atoms with Crippen molar-refractivity contribution in [1.29, 1.82) is 0 Å². The largest absolute Gasteiger partial charge is 0.457 e. The molecule has 0 saturated heterocycles. The zero-order valence-electron chi connectivity index (χ0n) is 22.8. The molecule has 6 aromatic carbocycles. The average molecular weight is 539 g/mol. The third kappa shape index (κ3) is 3.13. The highest BCUT2D eigenvalue weighted by atomic mass is 16.5. The van der Waals surface area contributed by atoms with Crippen molar-refractivity contribution in [2.24, 2.45) is 4.99 Å². The van der Waals surface area contributed by atoms with Crippen LogP contribution < -0.4 is 20.6 Å². The van der Waals surface area contributed by atoms with E-state index in [9.17, 15) is 0 Å². The number of hydrogen-bond donors (Lipinski definition) is 1. The Morgan fingerprint density at radius 3 is 1.95 bits per heavy atom. The quantitative estimate of drug-likeness (QED) is 0.252. The van der Waals surface area contributed by atoms with E-state index >= 15 is 0 Å². The van der Waals surface area contributed by atoms with Crippen LogP contribution in [0, 0.1) is 0 Å². The number of nitrogens with one attached hydrogen (secondary N) is 1. The summed E-state index contributed by atoms with van der Waals surface area (Å²) in [6.07, 6.45) is -0.175. The first-order valence-corrected chi connectivity index (χ1v) is 14.4. The predicted octanol–water partition coefficient (Wildman–Crippen LogP) is 7.23. The summed E-state index contributed by atoms with van der Waals surface area (Å²) in [6.45, 7) is 0. The predicted molar refractivity (Wildman–Crippen MR) is 166 cm³/mol. The average Bonchev–Trinajstić information content (AvgIpc) is 3.36. The van der Waals surface area contributed by atoms with Crippen LogP contribution in [-0.2, 0) is 5.41 Å². The van der Waals surface area contributed by atoms with Crippen LogP contribution in [0.4, 0.5) is 0 Å². The molecule has 1 N–H and O–H groups in total. The van der Waals surface area contributed by atoms with Gasteiger partial charge in [-0.3, -0.25) is 4.99 Å². The molecule has 0 saturated carbocycles. The molecular formula is C39H26N2O. The summed E-state index contributed by atoms with van der Waals surface area (Å²) >= 11 is 0. The zero-order valence-corrected chi connectivity index (χ0v) is 22.8. The standard InChI is InChI=1S/C39H26N2O/c1-2-12-25(13-3-1)38-40-34-20-10-6-16-29(34)37(41-38)26-22-23-36-33(24-26)39(32-19-9-11-21-35(32)42-36)30-17-7-4-14-27(30)28-15-5-8-18-31(28)39/h1-24,38,41H. The molecule has 2 heterocycles. The summed E-state index contributed by atoms with van der Waals surface area (Å²) < 4.78 is 6.65. The van der Waals surface area contributed by atoms with E-state index in [1.807, 2.05) is 6.07 Å². The Labute approximate surface area is 244 Å². The molecule has 3 aliphatic rings. The molecule has 0 amide bonds. The number of fused-ring (bicyclic) bond motifs is 10. The minimum absolute atomic E-state index is 0.175. The summed E-state index contributed by atoms with van der Waals surface area (Å²) in [5.41, 5.74) is 10.3. The molecule has 1 aliphatic carbocycles. The van der Waals surface area contributed by atoms with Crippen molar-refractivity contribution in [2.75, 3.05) is 0 Å². The molecule has 1 atom stereocenters. The van der Waals surface area contributed by atoms with Gasteiger partial charge < -0.3 is 10.1 Å². The van der Waals surface area contributed by atoms with Gasteiger partial charge in [-0.15, -0.1) is 0 Å². The molecule has 9 rings (SSSR count). The number of ether oxygens (including phenoxy) is 1. The maximum absolute atomic E-state index is 6.65. The lowest BCUT2D eigenvalue weighted by atomic mass is 9.66. The van der Waals surface area contributed by atoms with Gasteiger partial charge in [0.25, 0.3) is 0 Å². The first-order chi connectivity index (χ1) is 20.8. The normalized spacial score (nSPS) is 16.6. The second kappa shape index (κ2) is 8.79. The zero-order chi connectivity index (χ0) is 27.7. The Morgan fingerprint density at radius 2 is 1.17 bits per heavy atom. The van der Waals surface area contributed by atoms with Gasteiger partial charge in [-0.05, 0) is 63.7 Å². The van der Waals surface area contributed by atoms with E-state index < -0.39 is 5.41 Å². The molecule has 0 bridgehead atoms. The summed E-state index contributed by atoms with van der Waals surface area (Å²) in [5, 5.41) is 5.89.